The Kier molecular flexibility index (Phi) is 6.39. The average molecular weight is 436 g/mol. The molecule has 0 bridgehead atoms. The monoisotopic (exact) mass is 435 g/mol. The van der Waals surface area contributed by atoms with Gasteiger partial charge in [0.25, 0.3) is 0 Å². The summed E-state index contributed by atoms with van der Waals surface area (Å²) < 4.78 is 11.6. The Morgan fingerprint density at radius 3 is 2.34 bits per heavy atom. The normalized spacial score (nSPS) is 16.9. The number of piperazine rings is 1. The Morgan fingerprint density at radius 1 is 1.06 bits per heavy atom. The molecule has 7 heteroatoms. The lowest BCUT2D eigenvalue weighted by Crippen LogP contribution is -2.52. The number of amidine groups is 1. The minimum absolute atomic E-state index is 0.176. The predicted molar refractivity (Wildman–Crippen MR) is 130 cm³/mol. The van der Waals surface area contributed by atoms with Gasteiger partial charge in [-0.2, -0.15) is 0 Å². The largest absolute Gasteiger partial charge is 0.497 e. The van der Waals surface area contributed by atoms with Crippen LogP contribution >= 0.6 is 0 Å². The highest BCUT2D eigenvalue weighted by molar-refractivity contribution is 5.89. The second-order valence-electron chi connectivity index (χ2n) is 9.12. The first-order valence-electron chi connectivity index (χ1n) is 11.1. The molecule has 0 saturated carbocycles. The van der Waals surface area contributed by atoms with Crippen LogP contribution in [0.25, 0.3) is 11.0 Å². The number of ether oxygens (including phenoxy) is 1. The van der Waals surface area contributed by atoms with Crippen molar-refractivity contribution >= 4 is 22.5 Å². The summed E-state index contributed by atoms with van der Waals surface area (Å²) in [6, 6.07) is 18.2. The van der Waals surface area contributed by atoms with Crippen LogP contribution in [0.1, 0.15) is 32.6 Å². The number of para-hydroxylation sites is 1. The molecule has 1 fully saturated rings. The van der Waals surface area contributed by atoms with Gasteiger partial charge in [-0.3, -0.25) is 9.89 Å². The van der Waals surface area contributed by atoms with E-state index < -0.39 is 0 Å². The first kappa shape index (κ1) is 22.2. The standard InChI is InChI=1S/C25H33N5O2/c1-25(2,3)27-24(28-26)23(22-17-18-7-5-6-8-21(18)32-22)30-15-13-29(14-16-30)19-9-11-20(31-4)12-10-19/h5-12,17,23H,13-16,26H2,1-4H3,(H,27,28). The lowest BCUT2D eigenvalue weighted by molar-refractivity contribution is 0.208. The van der Waals surface area contributed by atoms with Gasteiger partial charge in [0.15, 0.2) is 0 Å². The molecule has 4 rings (SSSR count). The number of hydrogen-bond donors (Lipinski definition) is 2. The molecule has 2 heterocycles. The van der Waals surface area contributed by atoms with Crippen molar-refractivity contribution in [3.05, 3.63) is 60.4 Å². The summed E-state index contributed by atoms with van der Waals surface area (Å²) in [4.78, 5) is 9.68. The molecule has 3 aromatic rings. The van der Waals surface area contributed by atoms with Gasteiger partial charge in [0.05, 0.1) is 12.6 Å². The molecule has 32 heavy (non-hydrogen) atoms. The molecule has 2 aromatic carbocycles. The van der Waals surface area contributed by atoms with E-state index in [1.807, 2.05) is 30.3 Å². The third-order valence-corrected chi connectivity index (χ3v) is 5.69. The molecule has 3 N–H and O–H groups in total. The van der Waals surface area contributed by atoms with Gasteiger partial charge in [0, 0.05) is 37.3 Å². The lowest BCUT2D eigenvalue weighted by atomic mass is 10.1. The molecule has 1 atom stereocenters. The van der Waals surface area contributed by atoms with Crippen LogP contribution in [0.3, 0.4) is 0 Å². The van der Waals surface area contributed by atoms with E-state index in [2.05, 4.69) is 60.3 Å². The third kappa shape index (κ3) is 4.89. The van der Waals surface area contributed by atoms with Gasteiger partial charge in [-0.05, 0) is 57.2 Å². The highest BCUT2D eigenvalue weighted by Gasteiger charge is 2.32. The van der Waals surface area contributed by atoms with E-state index in [4.69, 9.17) is 20.0 Å². The van der Waals surface area contributed by atoms with Crippen LogP contribution in [-0.4, -0.2) is 49.6 Å². The Labute approximate surface area is 189 Å². The van der Waals surface area contributed by atoms with E-state index in [-0.39, 0.29) is 11.6 Å². The fourth-order valence-corrected chi connectivity index (χ4v) is 4.19. The number of fused-ring (bicyclic) bond motifs is 1. The summed E-state index contributed by atoms with van der Waals surface area (Å²) in [5.74, 6) is 8.43. The topological polar surface area (TPSA) is 79.3 Å². The molecule has 170 valence electrons. The maximum atomic E-state index is 6.27. The van der Waals surface area contributed by atoms with Crippen molar-refractivity contribution in [3.8, 4) is 5.75 Å². The number of rotatable bonds is 5. The number of anilines is 1. The lowest BCUT2D eigenvalue weighted by Gasteiger charge is -2.40. The quantitative estimate of drug-likeness (QED) is 0.273. The van der Waals surface area contributed by atoms with Crippen molar-refractivity contribution in [3.63, 3.8) is 0 Å². The van der Waals surface area contributed by atoms with Gasteiger partial charge in [-0.25, -0.2) is 5.84 Å². The zero-order valence-electron chi connectivity index (χ0n) is 19.3. The summed E-state index contributed by atoms with van der Waals surface area (Å²) in [5, 5.41) is 1.08. The highest BCUT2D eigenvalue weighted by atomic mass is 16.5. The zero-order valence-corrected chi connectivity index (χ0v) is 19.3. The summed E-state index contributed by atoms with van der Waals surface area (Å²) in [7, 11) is 1.69. The maximum absolute atomic E-state index is 6.27. The molecule has 1 saturated heterocycles. The smallest absolute Gasteiger partial charge is 0.136 e. The molecule has 1 unspecified atom stereocenters. The van der Waals surface area contributed by atoms with E-state index in [1.54, 1.807) is 7.11 Å². The molecule has 0 amide bonds. The first-order valence-corrected chi connectivity index (χ1v) is 11.1. The third-order valence-electron chi connectivity index (χ3n) is 5.69. The highest BCUT2D eigenvalue weighted by Crippen LogP contribution is 2.31. The Balaban J connectivity index is 1.61. The molecular weight excluding hydrogens is 402 g/mol. The molecule has 0 radical (unpaired) electrons. The van der Waals surface area contributed by atoms with Crippen molar-refractivity contribution in [2.45, 2.75) is 32.4 Å². The number of benzene rings is 2. The Hall–Kier alpha value is -3.03. The molecule has 0 spiro atoms. The van der Waals surface area contributed by atoms with Crippen LogP contribution in [0.15, 0.2) is 64.0 Å². The molecule has 1 aliphatic heterocycles. The van der Waals surface area contributed by atoms with Gasteiger partial charge in [-0.15, -0.1) is 0 Å². The van der Waals surface area contributed by atoms with Crippen LogP contribution in [-0.2, 0) is 0 Å². The number of furan rings is 1. The number of nitrogens with one attached hydrogen (secondary N) is 1. The van der Waals surface area contributed by atoms with E-state index in [9.17, 15) is 0 Å². The number of hydrogen-bond acceptors (Lipinski definition) is 6. The van der Waals surface area contributed by atoms with Crippen molar-refractivity contribution in [2.24, 2.45) is 10.8 Å². The van der Waals surface area contributed by atoms with Gasteiger partial charge in [0.1, 0.15) is 29.0 Å². The second-order valence-corrected chi connectivity index (χ2v) is 9.12. The number of methoxy groups -OCH3 is 1. The zero-order chi connectivity index (χ0) is 22.7. The summed E-state index contributed by atoms with van der Waals surface area (Å²) in [5.41, 5.74) is 4.68. The summed E-state index contributed by atoms with van der Waals surface area (Å²) in [6.45, 7) is 9.73. The molecule has 0 aliphatic carbocycles. The van der Waals surface area contributed by atoms with E-state index in [0.29, 0.717) is 0 Å². The van der Waals surface area contributed by atoms with Crippen molar-refractivity contribution < 1.29 is 9.15 Å². The average Bonchev–Trinajstić information content (AvgIpc) is 3.22. The van der Waals surface area contributed by atoms with Crippen LogP contribution < -0.4 is 20.9 Å². The van der Waals surface area contributed by atoms with Gasteiger partial charge < -0.3 is 19.5 Å². The predicted octanol–water partition coefficient (Wildman–Crippen LogP) is 3.97. The van der Waals surface area contributed by atoms with Crippen molar-refractivity contribution in [1.82, 2.24) is 10.3 Å². The SMILES string of the molecule is COc1ccc(N2CCN(C(C(=NC(C)(C)C)NN)c3cc4ccccc4o3)CC2)cc1. The fraction of sp³-hybridized carbons (Fsp3) is 0.400. The van der Waals surface area contributed by atoms with Crippen molar-refractivity contribution in [1.29, 1.82) is 0 Å². The molecule has 7 nitrogen and oxygen atoms in total. The molecule has 1 aliphatic rings. The minimum atomic E-state index is -0.267. The fourth-order valence-electron chi connectivity index (χ4n) is 4.19. The van der Waals surface area contributed by atoms with Crippen LogP contribution in [0.5, 0.6) is 5.75 Å². The van der Waals surface area contributed by atoms with Crippen LogP contribution in [0.2, 0.25) is 0 Å². The maximum Gasteiger partial charge on any atom is 0.136 e. The summed E-state index contributed by atoms with van der Waals surface area (Å²) in [6.07, 6.45) is 0. The number of nitrogens with two attached hydrogens (primary N) is 1. The molecule has 1 aromatic heterocycles. The van der Waals surface area contributed by atoms with Crippen LogP contribution in [0, 0.1) is 0 Å². The van der Waals surface area contributed by atoms with Crippen molar-refractivity contribution in [2.75, 3.05) is 38.2 Å². The Bertz CT molecular complexity index is 1030. The van der Waals surface area contributed by atoms with Gasteiger partial charge >= 0.3 is 0 Å². The van der Waals surface area contributed by atoms with Crippen LogP contribution in [0.4, 0.5) is 5.69 Å². The second kappa shape index (κ2) is 9.22. The van der Waals surface area contributed by atoms with E-state index in [0.717, 1.165) is 54.5 Å². The first-order chi connectivity index (χ1) is 15.4. The number of aliphatic imine (C=N–C) groups is 1. The van der Waals surface area contributed by atoms with Gasteiger partial charge in [-0.1, -0.05) is 18.2 Å². The Morgan fingerprint density at radius 2 is 1.75 bits per heavy atom. The number of nitrogens with zero attached hydrogens (tertiary/aromatic N) is 3. The summed E-state index contributed by atoms with van der Waals surface area (Å²) >= 11 is 0. The minimum Gasteiger partial charge on any atom is -0.497 e. The number of hydrazine groups is 1. The molecular formula is C25H33N5O2. The van der Waals surface area contributed by atoms with E-state index >= 15 is 0 Å². The van der Waals surface area contributed by atoms with E-state index in [1.165, 1.54) is 5.69 Å². The van der Waals surface area contributed by atoms with Gasteiger partial charge in [0.2, 0.25) is 0 Å².